The van der Waals surface area contributed by atoms with Crippen molar-refractivity contribution >= 4 is 16.5 Å². The molecule has 21 heavy (non-hydrogen) atoms. The maximum atomic E-state index is 4.93. The monoisotopic (exact) mass is 308 g/mol. The van der Waals surface area contributed by atoms with E-state index in [4.69, 9.17) is 4.98 Å². The van der Waals surface area contributed by atoms with Crippen LogP contribution in [0.25, 0.3) is 0 Å². The average molecular weight is 308 g/mol. The number of aromatic nitrogens is 1. The summed E-state index contributed by atoms with van der Waals surface area (Å²) >= 11 is 1.90. The van der Waals surface area contributed by atoms with E-state index in [9.17, 15) is 0 Å². The summed E-state index contributed by atoms with van der Waals surface area (Å²) in [5.41, 5.74) is 1.52. The van der Waals surface area contributed by atoms with E-state index in [0.717, 1.165) is 38.6 Å². The van der Waals surface area contributed by atoms with Gasteiger partial charge in [-0.15, -0.1) is 11.3 Å². The van der Waals surface area contributed by atoms with Crippen LogP contribution in [0, 0.1) is 0 Å². The molecule has 1 aromatic rings. The zero-order chi connectivity index (χ0) is 15.0. The van der Waals surface area contributed by atoms with E-state index in [-0.39, 0.29) is 5.54 Å². The molecule has 0 aromatic carbocycles. The van der Waals surface area contributed by atoms with Gasteiger partial charge in [0.15, 0.2) is 5.13 Å². The van der Waals surface area contributed by atoms with Gasteiger partial charge in [-0.05, 0) is 40.2 Å². The minimum absolute atomic E-state index is 0.225. The number of likely N-dealkylation sites (N-methyl/N-ethyl adjacent to an activating group) is 1. The van der Waals surface area contributed by atoms with Gasteiger partial charge in [-0.3, -0.25) is 4.90 Å². The fourth-order valence-corrected chi connectivity index (χ4v) is 3.97. The summed E-state index contributed by atoms with van der Waals surface area (Å²) in [6.45, 7) is 11.1. The van der Waals surface area contributed by atoms with Crippen molar-refractivity contribution in [2.45, 2.75) is 58.2 Å². The van der Waals surface area contributed by atoms with Gasteiger partial charge in [0, 0.05) is 42.6 Å². The molecule has 1 N–H and O–H groups in total. The Morgan fingerprint density at radius 3 is 2.71 bits per heavy atom. The zero-order valence-corrected chi connectivity index (χ0v) is 14.6. The molecule has 2 heterocycles. The molecule has 1 aliphatic heterocycles. The maximum absolute atomic E-state index is 4.93. The predicted molar refractivity (Wildman–Crippen MR) is 90.3 cm³/mol. The lowest BCUT2D eigenvalue weighted by atomic mass is 10.0. The van der Waals surface area contributed by atoms with Crippen LogP contribution in [-0.2, 0) is 13.0 Å². The molecule has 118 valence electrons. The van der Waals surface area contributed by atoms with Crippen LogP contribution in [0.3, 0.4) is 0 Å². The third kappa shape index (κ3) is 3.41. The van der Waals surface area contributed by atoms with Crippen molar-refractivity contribution in [3.8, 4) is 0 Å². The molecule has 0 unspecified atom stereocenters. The minimum Gasteiger partial charge on any atom is -0.345 e. The Kier molecular flexibility index (Phi) is 4.26. The molecule has 1 aliphatic carbocycles. The Labute approximate surface area is 132 Å². The van der Waals surface area contributed by atoms with E-state index < -0.39 is 0 Å². The normalized spacial score (nSPS) is 22.8. The average Bonchev–Trinajstić information content (AvgIpc) is 3.18. The number of nitrogens with zero attached hydrogens (tertiary/aromatic N) is 3. The third-order valence-corrected chi connectivity index (χ3v) is 5.98. The van der Waals surface area contributed by atoms with E-state index in [2.05, 4.69) is 42.9 Å². The molecule has 0 atom stereocenters. The number of aryl methyl sites for hydroxylation is 1. The Balaban J connectivity index is 1.72. The molecule has 3 rings (SSSR count). The highest BCUT2D eigenvalue weighted by molar-refractivity contribution is 7.15. The summed E-state index contributed by atoms with van der Waals surface area (Å²) in [4.78, 5) is 11.3. The largest absolute Gasteiger partial charge is 0.345 e. The van der Waals surface area contributed by atoms with Gasteiger partial charge in [-0.25, -0.2) is 4.98 Å². The minimum atomic E-state index is 0.225. The number of hydrogen-bond donors (Lipinski definition) is 1. The molecule has 1 saturated carbocycles. The van der Waals surface area contributed by atoms with Crippen LogP contribution in [0.4, 0.5) is 5.13 Å². The number of rotatable bonds is 5. The quantitative estimate of drug-likeness (QED) is 0.905. The van der Waals surface area contributed by atoms with E-state index in [1.54, 1.807) is 0 Å². The van der Waals surface area contributed by atoms with Gasteiger partial charge in [0.1, 0.15) is 0 Å². The van der Waals surface area contributed by atoms with E-state index in [0.29, 0.717) is 0 Å². The zero-order valence-electron chi connectivity index (χ0n) is 13.8. The van der Waals surface area contributed by atoms with Crippen LogP contribution >= 0.6 is 11.3 Å². The highest BCUT2D eigenvalue weighted by Crippen LogP contribution is 2.31. The van der Waals surface area contributed by atoms with Crippen molar-refractivity contribution in [1.82, 2.24) is 15.2 Å². The van der Waals surface area contributed by atoms with Crippen LogP contribution in [-0.4, -0.2) is 48.1 Å². The molecular weight excluding hydrogens is 280 g/mol. The van der Waals surface area contributed by atoms with Crippen molar-refractivity contribution in [3.63, 3.8) is 0 Å². The number of thiazole rings is 1. The fourth-order valence-electron chi connectivity index (χ4n) is 2.85. The molecule has 2 aliphatic rings. The van der Waals surface area contributed by atoms with E-state index >= 15 is 0 Å². The number of nitrogens with one attached hydrogen (secondary N) is 1. The van der Waals surface area contributed by atoms with Gasteiger partial charge in [-0.2, -0.15) is 0 Å². The number of hydrogen-bond acceptors (Lipinski definition) is 5. The van der Waals surface area contributed by atoms with Crippen molar-refractivity contribution in [1.29, 1.82) is 0 Å². The molecule has 0 radical (unpaired) electrons. The molecule has 1 aromatic heterocycles. The smallest absolute Gasteiger partial charge is 0.185 e. The van der Waals surface area contributed by atoms with Crippen LogP contribution in [0.5, 0.6) is 0 Å². The van der Waals surface area contributed by atoms with Crippen molar-refractivity contribution in [2.75, 3.05) is 31.6 Å². The predicted octanol–water partition coefficient (Wildman–Crippen LogP) is 2.49. The van der Waals surface area contributed by atoms with Gasteiger partial charge in [0.25, 0.3) is 0 Å². The lowest BCUT2D eigenvalue weighted by Crippen LogP contribution is -2.57. The Morgan fingerprint density at radius 1 is 1.33 bits per heavy atom. The Hall–Kier alpha value is -0.650. The van der Waals surface area contributed by atoms with Gasteiger partial charge in [-0.1, -0.05) is 6.92 Å². The second-order valence-corrected chi connectivity index (χ2v) is 8.09. The maximum Gasteiger partial charge on any atom is 0.185 e. The van der Waals surface area contributed by atoms with E-state index in [1.165, 1.54) is 28.5 Å². The van der Waals surface area contributed by atoms with Crippen LogP contribution < -0.4 is 10.2 Å². The summed E-state index contributed by atoms with van der Waals surface area (Å²) in [6.07, 6.45) is 3.73. The van der Waals surface area contributed by atoms with Crippen LogP contribution in [0.1, 0.15) is 44.2 Å². The molecule has 0 spiro atoms. The van der Waals surface area contributed by atoms with Gasteiger partial charge < -0.3 is 10.2 Å². The van der Waals surface area contributed by atoms with E-state index in [1.807, 2.05) is 11.3 Å². The summed E-state index contributed by atoms with van der Waals surface area (Å²) in [5.74, 6) is 0. The highest BCUT2D eigenvalue weighted by atomic mass is 32.1. The molecular formula is C16H28N4S. The van der Waals surface area contributed by atoms with Gasteiger partial charge in [0.2, 0.25) is 0 Å². The molecule has 2 fully saturated rings. The standard InChI is InChI=1S/C16H28N4S/c1-5-13-14(10-17-12-6-7-12)21-15(18-13)20-9-8-19(4)16(2,3)11-20/h12,17H,5-11H2,1-4H3. The van der Waals surface area contributed by atoms with Crippen molar-refractivity contribution in [3.05, 3.63) is 10.6 Å². The summed E-state index contributed by atoms with van der Waals surface area (Å²) in [7, 11) is 2.22. The first kappa shape index (κ1) is 15.3. The summed E-state index contributed by atoms with van der Waals surface area (Å²) < 4.78 is 0. The highest BCUT2D eigenvalue weighted by Gasteiger charge is 2.32. The van der Waals surface area contributed by atoms with Crippen molar-refractivity contribution in [2.24, 2.45) is 0 Å². The number of piperazine rings is 1. The Bertz CT molecular complexity index is 492. The molecule has 1 saturated heterocycles. The lowest BCUT2D eigenvalue weighted by molar-refractivity contribution is 0.139. The first-order valence-corrected chi connectivity index (χ1v) is 8.99. The second kappa shape index (κ2) is 5.86. The SMILES string of the molecule is CCc1nc(N2CCN(C)C(C)(C)C2)sc1CNC1CC1. The molecule has 4 nitrogen and oxygen atoms in total. The second-order valence-electron chi connectivity index (χ2n) is 7.03. The molecule has 0 amide bonds. The van der Waals surface area contributed by atoms with Crippen LogP contribution in [0.2, 0.25) is 0 Å². The Morgan fingerprint density at radius 2 is 2.10 bits per heavy atom. The van der Waals surface area contributed by atoms with Crippen molar-refractivity contribution < 1.29 is 0 Å². The molecule has 0 bridgehead atoms. The van der Waals surface area contributed by atoms with Gasteiger partial charge >= 0.3 is 0 Å². The number of anilines is 1. The summed E-state index contributed by atoms with van der Waals surface area (Å²) in [5, 5.41) is 4.85. The first-order chi connectivity index (χ1) is 9.99. The fraction of sp³-hybridized carbons (Fsp3) is 0.812. The third-order valence-electron chi connectivity index (χ3n) is 4.82. The van der Waals surface area contributed by atoms with Gasteiger partial charge in [0.05, 0.1) is 5.69 Å². The first-order valence-electron chi connectivity index (χ1n) is 8.18. The van der Waals surface area contributed by atoms with Crippen LogP contribution in [0.15, 0.2) is 0 Å². The summed E-state index contributed by atoms with van der Waals surface area (Å²) in [6, 6.07) is 0.767. The molecule has 5 heteroatoms. The topological polar surface area (TPSA) is 31.4 Å². The lowest BCUT2D eigenvalue weighted by Gasteiger charge is -2.45.